The average molecular weight is 1080 g/mol. The number of rotatable bonds is 23. The molecular formula is C60H105N3O13. The first-order valence-corrected chi connectivity index (χ1v) is 28.6. The number of nitrogens with zero attached hydrogens (tertiary/aromatic N) is 2. The molecule has 0 aromatic heterocycles. The van der Waals surface area contributed by atoms with E-state index in [9.17, 15) is 35.1 Å². The minimum atomic E-state index is -1.97. The van der Waals surface area contributed by atoms with Gasteiger partial charge in [-0.15, -0.1) is 0 Å². The lowest BCUT2D eigenvalue weighted by molar-refractivity contribution is -0.318. The van der Waals surface area contributed by atoms with Crippen molar-refractivity contribution in [2.75, 3.05) is 27.7 Å². The lowest BCUT2D eigenvalue weighted by atomic mass is 9.77. The first-order chi connectivity index (χ1) is 35.8. The molecule has 0 spiro atoms. The van der Waals surface area contributed by atoms with Gasteiger partial charge in [0.15, 0.2) is 12.6 Å². The van der Waals surface area contributed by atoms with Crippen molar-refractivity contribution >= 4 is 11.9 Å². The van der Waals surface area contributed by atoms with Gasteiger partial charge in [0, 0.05) is 44.5 Å². The quantitative estimate of drug-likeness (QED) is 0.0325. The van der Waals surface area contributed by atoms with Crippen LogP contribution in [0.15, 0.2) is 60.8 Å². The molecule has 3 heterocycles. The first kappa shape index (κ1) is 67.4. The van der Waals surface area contributed by atoms with Crippen LogP contribution in [0.2, 0.25) is 0 Å². The summed E-state index contributed by atoms with van der Waals surface area (Å²) in [6, 6.07) is -1.12. The molecule has 76 heavy (non-hydrogen) atoms. The van der Waals surface area contributed by atoms with E-state index in [1.807, 2.05) is 51.6 Å². The van der Waals surface area contributed by atoms with Gasteiger partial charge < -0.3 is 64.2 Å². The third-order valence-corrected chi connectivity index (χ3v) is 16.0. The number of likely N-dealkylation sites (N-methyl/N-ethyl adjacent to an activating group) is 1. The lowest BCUT2D eigenvalue weighted by Gasteiger charge is -2.49. The second-order valence-electron chi connectivity index (χ2n) is 23.0. The molecule has 3 aliphatic rings. The summed E-state index contributed by atoms with van der Waals surface area (Å²) in [7, 11) is 5.26. The summed E-state index contributed by atoms with van der Waals surface area (Å²) in [6.45, 7) is 21.8. The number of nitrogens with one attached hydrogen (secondary N) is 1. The fraction of sp³-hybridized carbons (Fsp3) is 0.800. The molecule has 16 heteroatoms. The molecule has 438 valence electrons. The molecule has 6 N–H and O–H groups in total. The Morgan fingerprint density at radius 2 is 1.41 bits per heavy atom. The molecule has 1 amide bonds. The van der Waals surface area contributed by atoms with Crippen LogP contribution in [0, 0.1) is 17.8 Å². The van der Waals surface area contributed by atoms with Crippen LogP contribution < -0.4 is 5.32 Å². The Balaban J connectivity index is 1.95. The second kappa shape index (κ2) is 32.4. The van der Waals surface area contributed by atoms with Gasteiger partial charge in [0.2, 0.25) is 5.91 Å². The van der Waals surface area contributed by atoms with E-state index in [-0.39, 0.29) is 56.2 Å². The lowest BCUT2D eigenvalue weighted by Crippen LogP contribution is -2.63. The summed E-state index contributed by atoms with van der Waals surface area (Å²) >= 11 is 0. The monoisotopic (exact) mass is 1080 g/mol. The van der Waals surface area contributed by atoms with Gasteiger partial charge in [-0.3, -0.25) is 14.5 Å². The number of cyclic esters (lactones) is 1. The first-order valence-electron chi connectivity index (χ1n) is 28.6. The average Bonchev–Trinajstić information content (AvgIpc) is 3.36. The van der Waals surface area contributed by atoms with Gasteiger partial charge in [-0.1, -0.05) is 95.4 Å². The summed E-state index contributed by atoms with van der Waals surface area (Å²) < 4.78 is 38.3. The second-order valence-corrected chi connectivity index (χ2v) is 23.0. The fourth-order valence-electron chi connectivity index (χ4n) is 11.4. The molecule has 0 bridgehead atoms. The molecule has 3 aliphatic heterocycles. The third kappa shape index (κ3) is 19.8. The van der Waals surface area contributed by atoms with Crippen molar-refractivity contribution in [2.24, 2.45) is 17.8 Å². The largest absolute Gasteiger partial charge is 0.459 e. The van der Waals surface area contributed by atoms with Crippen molar-refractivity contribution in [1.29, 1.82) is 0 Å². The third-order valence-electron chi connectivity index (χ3n) is 16.0. The summed E-state index contributed by atoms with van der Waals surface area (Å²) in [5.74, 6) is -3.15. The van der Waals surface area contributed by atoms with Crippen molar-refractivity contribution < 1.29 is 63.5 Å². The molecule has 0 radical (unpaired) electrons. The zero-order valence-electron chi connectivity index (χ0n) is 49.3. The minimum Gasteiger partial charge on any atom is -0.459 e. The standard InChI is InChI=1S/C60H105N3O13/c1-16-19-20-21-22-23-24-25-26-27-28-29-30-31-32-33-34-35-49(64)61-48(18-3)63-39-40(4)37-58(10,69)55(76-57-51(65)46(62(13)14)36-41(5)72-57)42(6)52(75-50-38-59(11,71-15)54(67)45(9)73-50)43(7)56(68)74-47(17-2)60(12,70)53(66)44(63)8/h19-20,22-23,25-26,28-29,31-32,40-48,50-55,57,65-67,69-70H,16-18,21,24,27,30,33-39H2,1-15H3,(H,61,64)/t40?,41-,42+,43-,44-,45+,46+,47-,48?,50+,51-,52+,53-,54+,55-,57+,58-,59-,60-/m1/s1. The van der Waals surface area contributed by atoms with Crippen LogP contribution in [0.25, 0.3) is 0 Å². The number of carbonyl (C=O) groups excluding carboxylic acids is 2. The van der Waals surface area contributed by atoms with Crippen LogP contribution in [-0.4, -0.2) is 171 Å². The van der Waals surface area contributed by atoms with Crippen molar-refractivity contribution in [2.45, 2.75) is 263 Å². The molecule has 3 fully saturated rings. The smallest absolute Gasteiger partial charge is 0.311 e. The molecule has 2 unspecified atom stereocenters. The van der Waals surface area contributed by atoms with E-state index in [1.54, 1.807) is 41.5 Å². The van der Waals surface area contributed by atoms with E-state index in [0.29, 0.717) is 19.3 Å². The number of unbranched alkanes of at least 4 members (excludes halogenated alkanes) is 1. The number of aliphatic hydroxyl groups excluding tert-OH is 3. The van der Waals surface area contributed by atoms with Crippen LogP contribution in [0.1, 0.15) is 167 Å². The Morgan fingerprint density at radius 1 is 0.829 bits per heavy atom. The summed E-state index contributed by atoms with van der Waals surface area (Å²) in [6.07, 6.45) is 18.4. The molecule has 0 aromatic carbocycles. The maximum absolute atomic E-state index is 14.7. The van der Waals surface area contributed by atoms with E-state index in [4.69, 9.17) is 28.4 Å². The van der Waals surface area contributed by atoms with Gasteiger partial charge in [0.05, 0.1) is 47.7 Å². The van der Waals surface area contributed by atoms with E-state index < -0.39 is 102 Å². The van der Waals surface area contributed by atoms with Crippen molar-refractivity contribution in [3.05, 3.63) is 60.8 Å². The number of hydrogen-bond donors (Lipinski definition) is 6. The van der Waals surface area contributed by atoms with Gasteiger partial charge in [-0.05, 0) is 139 Å². The van der Waals surface area contributed by atoms with Crippen molar-refractivity contribution in [3.8, 4) is 0 Å². The highest BCUT2D eigenvalue weighted by Crippen LogP contribution is 2.40. The SMILES string of the molecule is CCC=CCC=CCC=CCC=CCC=CCCCC(=O)NC(CC)N1CC(C)C[C@@](C)(O)[C@H](O[C@@H]2O[C@H](C)C[C@H](N(C)C)[C@H]2O)[C@@H](C)[C@H](O[C@H]2C[C@@](C)(OC)[C@@H](O)[C@H](C)O2)[C@@H](C)C(=O)O[C@H](CC)[C@@](C)(O)[C@H](O)[C@H]1C. The number of aliphatic hydroxyl groups is 5. The highest BCUT2D eigenvalue weighted by Gasteiger charge is 2.53. The van der Waals surface area contributed by atoms with Gasteiger partial charge in [-0.2, -0.15) is 0 Å². The van der Waals surface area contributed by atoms with E-state index in [2.05, 4.69) is 73.0 Å². The molecule has 19 atom stereocenters. The molecule has 3 saturated heterocycles. The summed E-state index contributed by atoms with van der Waals surface area (Å²) in [5, 5.41) is 63.8. The maximum atomic E-state index is 14.7. The minimum absolute atomic E-state index is 0.0943. The van der Waals surface area contributed by atoms with Gasteiger partial charge in [0.25, 0.3) is 0 Å². The van der Waals surface area contributed by atoms with Gasteiger partial charge >= 0.3 is 5.97 Å². The van der Waals surface area contributed by atoms with E-state index >= 15 is 0 Å². The summed E-state index contributed by atoms with van der Waals surface area (Å²) in [4.78, 5) is 32.3. The zero-order valence-corrected chi connectivity index (χ0v) is 49.3. The number of carbonyl (C=O) groups is 2. The number of ether oxygens (including phenoxy) is 6. The number of hydrogen-bond acceptors (Lipinski definition) is 15. The highest BCUT2D eigenvalue weighted by molar-refractivity contribution is 5.76. The molecular weight excluding hydrogens is 971 g/mol. The van der Waals surface area contributed by atoms with Crippen LogP contribution in [0.4, 0.5) is 0 Å². The van der Waals surface area contributed by atoms with Crippen molar-refractivity contribution in [3.63, 3.8) is 0 Å². The van der Waals surface area contributed by atoms with Crippen LogP contribution in [0.3, 0.4) is 0 Å². The van der Waals surface area contributed by atoms with Crippen molar-refractivity contribution in [1.82, 2.24) is 15.1 Å². The highest BCUT2D eigenvalue weighted by atomic mass is 16.7. The Kier molecular flexibility index (Phi) is 28.8. The predicted octanol–water partition coefficient (Wildman–Crippen LogP) is 8.04. The number of esters is 1. The molecule has 0 aliphatic carbocycles. The molecule has 0 aromatic rings. The topological polar surface area (TPSA) is 209 Å². The summed E-state index contributed by atoms with van der Waals surface area (Å²) in [5.41, 5.74) is -4.74. The van der Waals surface area contributed by atoms with Crippen LogP contribution in [0.5, 0.6) is 0 Å². The Morgan fingerprint density at radius 3 is 1.95 bits per heavy atom. The van der Waals surface area contributed by atoms with Crippen LogP contribution in [-0.2, 0) is 38.0 Å². The number of amides is 1. The zero-order chi connectivity index (χ0) is 57.0. The molecule has 16 nitrogen and oxygen atoms in total. The van der Waals surface area contributed by atoms with Crippen LogP contribution >= 0.6 is 0 Å². The molecule has 3 rings (SSSR count). The van der Waals surface area contributed by atoms with E-state index in [1.165, 1.54) is 14.0 Å². The normalized spacial score (nSPS) is 38.6. The van der Waals surface area contributed by atoms with E-state index in [0.717, 1.165) is 38.5 Å². The Labute approximate surface area is 458 Å². The number of methoxy groups -OCH3 is 1. The van der Waals surface area contributed by atoms with Gasteiger partial charge in [-0.25, -0.2) is 0 Å². The Bertz CT molecular complexity index is 1860. The molecule has 0 saturated carbocycles. The predicted molar refractivity (Wildman–Crippen MR) is 299 cm³/mol. The maximum Gasteiger partial charge on any atom is 0.311 e. The fourth-order valence-corrected chi connectivity index (χ4v) is 11.4. The van der Waals surface area contributed by atoms with Gasteiger partial charge in [0.1, 0.15) is 30.0 Å². The Hall–Kier alpha value is -2.84. The number of allylic oxidation sites excluding steroid dienone is 10.